The third kappa shape index (κ3) is 12.5. The van der Waals surface area contributed by atoms with E-state index in [4.69, 9.17) is 10.00 Å². The smallest absolute Gasteiger partial charge is 0.204 e. The van der Waals surface area contributed by atoms with Gasteiger partial charge in [-0.15, -0.1) is 0 Å². The zero-order valence-electron chi connectivity index (χ0n) is 26.6. The van der Waals surface area contributed by atoms with Gasteiger partial charge in [0.1, 0.15) is 11.6 Å². The summed E-state index contributed by atoms with van der Waals surface area (Å²) in [7, 11) is 2.13. The van der Waals surface area contributed by atoms with Gasteiger partial charge >= 0.3 is 0 Å². The van der Waals surface area contributed by atoms with Crippen molar-refractivity contribution in [3.05, 3.63) is 95.6 Å². The number of hydrogen-bond acceptors (Lipinski definition) is 6. The maximum Gasteiger partial charge on any atom is 0.204 e. The predicted molar refractivity (Wildman–Crippen MR) is 179 cm³/mol. The number of unbranched alkanes of at least 4 members (excludes halogenated alkanes) is 1. The number of halogens is 1. The minimum atomic E-state index is -0.226. The molecule has 1 unspecified atom stereocenters. The number of nitriles is 1. The number of pyridine rings is 1. The maximum atomic E-state index is 13.5. The van der Waals surface area contributed by atoms with Gasteiger partial charge in [0.05, 0.1) is 6.61 Å². The average Bonchev–Trinajstić information content (AvgIpc) is 3.07. The van der Waals surface area contributed by atoms with Gasteiger partial charge in [0, 0.05) is 43.9 Å². The van der Waals surface area contributed by atoms with Crippen molar-refractivity contribution in [1.82, 2.24) is 25.4 Å². The molecule has 0 amide bonds. The molecule has 2 heterocycles. The van der Waals surface area contributed by atoms with E-state index in [0.717, 1.165) is 68.9 Å². The highest BCUT2D eigenvalue weighted by Crippen LogP contribution is 2.27. The molecule has 1 atom stereocenters. The van der Waals surface area contributed by atoms with Crippen LogP contribution in [0, 0.1) is 17.3 Å². The van der Waals surface area contributed by atoms with E-state index < -0.39 is 0 Å². The second-order valence-electron chi connectivity index (χ2n) is 11.7. The second-order valence-corrected chi connectivity index (χ2v) is 11.7. The van der Waals surface area contributed by atoms with Crippen LogP contribution in [0.2, 0.25) is 0 Å². The molecular formula is C36H48FN7O. The van der Waals surface area contributed by atoms with E-state index in [1.165, 1.54) is 50.0 Å². The third-order valence-corrected chi connectivity index (χ3v) is 8.17. The van der Waals surface area contributed by atoms with Gasteiger partial charge in [0.2, 0.25) is 5.96 Å². The summed E-state index contributed by atoms with van der Waals surface area (Å²) in [5.74, 6) is 1.27. The van der Waals surface area contributed by atoms with Crippen molar-refractivity contribution in [3.8, 4) is 11.9 Å². The Balaban J connectivity index is 1.10. The van der Waals surface area contributed by atoms with Gasteiger partial charge in [0.25, 0.3) is 0 Å². The van der Waals surface area contributed by atoms with Crippen molar-refractivity contribution in [2.45, 2.75) is 57.4 Å². The normalized spacial score (nSPS) is 14.6. The molecule has 0 bridgehead atoms. The molecule has 1 saturated heterocycles. The van der Waals surface area contributed by atoms with Crippen molar-refractivity contribution in [1.29, 1.82) is 5.26 Å². The quantitative estimate of drug-likeness (QED) is 0.0642. The van der Waals surface area contributed by atoms with E-state index in [-0.39, 0.29) is 11.7 Å². The van der Waals surface area contributed by atoms with Crippen LogP contribution in [-0.4, -0.2) is 73.7 Å². The molecule has 1 aliphatic heterocycles. The Morgan fingerprint density at radius 1 is 1.02 bits per heavy atom. The summed E-state index contributed by atoms with van der Waals surface area (Å²) < 4.78 is 19.4. The van der Waals surface area contributed by atoms with Crippen molar-refractivity contribution in [3.63, 3.8) is 0 Å². The molecule has 9 heteroatoms. The van der Waals surface area contributed by atoms with Crippen LogP contribution in [0.5, 0.6) is 5.75 Å². The number of benzene rings is 2. The van der Waals surface area contributed by atoms with Crippen molar-refractivity contribution < 1.29 is 9.13 Å². The summed E-state index contributed by atoms with van der Waals surface area (Å²) in [5.41, 5.74) is 3.41. The molecule has 2 N–H and O–H groups in total. The summed E-state index contributed by atoms with van der Waals surface area (Å²) in [6.45, 7) is 7.13. The molecule has 3 aromatic rings. The van der Waals surface area contributed by atoms with Crippen LogP contribution in [0.3, 0.4) is 0 Å². The Morgan fingerprint density at radius 3 is 2.56 bits per heavy atom. The minimum Gasteiger partial charge on any atom is -0.494 e. The third-order valence-electron chi connectivity index (χ3n) is 8.17. The van der Waals surface area contributed by atoms with E-state index in [1.807, 2.05) is 42.7 Å². The van der Waals surface area contributed by atoms with Crippen LogP contribution in [0.15, 0.2) is 77.9 Å². The van der Waals surface area contributed by atoms with Gasteiger partial charge in [-0.3, -0.25) is 20.2 Å². The molecule has 240 valence electrons. The van der Waals surface area contributed by atoms with Crippen LogP contribution >= 0.6 is 0 Å². The summed E-state index contributed by atoms with van der Waals surface area (Å²) in [5, 5.41) is 15.0. The molecule has 1 aliphatic rings. The Kier molecular flexibility index (Phi) is 14.6. The topological polar surface area (TPSA) is 88.8 Å². The van der Waals surface area contributed by atoms with Gasteiger partial charge in [-0.05, 0) is 113 Å². The maximum absolute atomic E-state index is 13.5. The average molecular weight is 614 g/mol. The van der Waals surface area contributed by atoms with E-state index in [9.17, 15) is 4.39 Å². The predicted octanol–water partition coefficient (Wildman–Crippen LogP) is 5.93. The first-order valence-corrected chi connectivity index (χ1v) is 16.3. The fourth-order valence-electron chi connectivity index (χ4n) is 5.64. The number of hydrogen-bond donors (Lipinski definition) is 2. The number of aromatic nitrogens is 1. The lowest BCUT2D eigenvalue weighted by Gasteiger charge is -2.26. The fourth-order valence-corrected chi connectivity index (χ4v) is 5.64. The Hall–Kier alpha value is -4.00. The number of piperidine rings is 1. The summed E-state index contributed by atoms with van der Waals surface area (Å²) in [6, 6.07) is 21.1. The minimum absolute atomic E-state index is 0.118. The van der Waals surface area contributed by atoms with Crippen LogP contribution < -0.4 is 15.4 Å². The zero-order valence-corrected chi connectivity index (χ0v) is 26.6. The van der Waals surface area contributed by atoms with Crippen LogP contribution in [0.4, 0.5) is 4.39 Å². The highest BCUT2D eigenvalue weighted by Gasteiger charge is 2.16. The van der Waals surface area contributed by atoms with E-state index >= 15 is 0 Å². The highest BCUT2D eigenvalue weighted by atomic mass is 19.1. The number of rotatable bonds is 17. The molecule has 1 aromatic heterocycles. The Bertz CT molecular complexity index is 1310. The van der Waals surface area contributed by atoms with Gasteiger partial charge < -0.3 is 15.0 Å². The molecule has 0 spiro atoms. The summed E-state index contributed by atoms with van der Waals surface area (Å²) >= 11 is 0. The SMILES string of the molecule is CN(CCCCNC(=NCCCOc1ccc(CN2CCCCC2)cc1)NC#N)CCC(c1ccc(F)cc1)c1ccccn1. The van der Waals surface area contributed by atoms with E-state index in [1.54, 1.807) is 0 Å². The highest BCUT2D eigenvalue weighted by molar-refractivity contribution is 5.81. The molecule has 45 heavy (non-hydrogen) atoms. The first kappa shape index (κ1) is 33.9. The largest absolute Gasteiger partial charge is 0.494 e. The van der Waals surface area contributed by atoms with Gasteiger partial charge in [-0.2, -0.15) is 5.26 Å². The van der Waals surface area contributed by atoms with E-state index in [0.29, 0.717) is 19.1 Å². The number of nitrogens with zero attached hydrogens (tertiary/aromatic N) is 5. The molecule has 4 rings (SSSR count). The number of aliphatic imine (C=N–C) groups is 1. The molecule has 2 aromatic carbocycles. The Labute approximate surface area is 268 Å². The van der Waals surface area contributed by atoms with Crippen molar-refractivity contribution in [2.24, 2.45) is 4.99 Å². The first-order valence-electron chi connectivity index (χ1n) is 16.3. The molecule has 1 fully saturated rings. The van der Waals surface area contributed by atoms with Crippen molar-refractivity contribution in [2.75, 3.05) is 52.9 Å². The number of guanidine groups is 1. The van der Waals surface area contributed by atoms with Crippen LogP contribution in [0.1, 0.15) is 67.7 Å². The Morgan fingerprint density at radius 2 is 1.82 bits per heavy atom. The fraction of sp³-hybridized carbons (Fsp3) is 0.472. The molecule has 8 nitrogen and oxygen atoms in total. The molecule has 0 saturated carbocycles. The lowest BCUT2D eigenvalue weighted by atomic mass is 9.91. The van der Waals surface area contributed by atoms with Crippen molar-refractivity contribution >= 4 is 5.96 Å². The summed E-state index contributed by atoms with van der Waals surface area (Å²) in [4.78, 5) is 13.9. The molecule has 0 radical (unpaired) electrons. The lowest BCUT2D eigenvalue weighted by Crippen LogP contribution is -2.35. The van der Waals surface area contributed by atoms with Gasteiger partial charge in [0.15, 0.2) is 6.19 Å². The number of likely N-dealkylation sites (tertiary alicyclic amines) is 1. The summed E-state index contributed by atoms with van der Waals surface area (Å²) in [6.07, 6.45) is 11.4. The van der Waals surface area contributed by atoms with E-state index in [2.05, 4.69) is 61.7 Å². The number of nitrogens with one attached hydrogen (secondary N) is 2. The van der Waals surface area contributed by atoms with Crippen LogP contribution in [0.25, 0.3) is 0 Å². The monoisotopic (exact) mass is 613 g/mol. The van der Waals surface area contributed by atoms with Crippen LogP contribution in [-0.2, 0) is 6.54 Å². The number of ether oxygens (including phenoxy) is 1. The first-order chi connectivity index (χ1) is 22.1. The lowest BCUT2D eigenvalue weighted by molar-refractivity contribution is 0.221. The zero-order chi connectivity index (χ0) is 31.5. The van der Waals surface area contributed by atoms with Gasteiger partial charge in [-0.25, -0.2) is 4.39 Å². The molecular weight excluding hydrogens is 565 g/mol. The second kappa shape index (κ2) is 19.4. The van der Waals surface area contributed by atoms with Gasteiger partial charge in [-0.1, -0.05) is 36.8 Å². The standard InChI is InChI=1S/C36H48FN7O/c1-43(26-19-34(35-10-3-4-20-39-35)31-13-15-32(37)16-14-31)23-8-5-21-40-36(42-29-38)41-22-9-27-45-33-17-11-30(12-18-33)28-44-24-6-2-7-25-44/h3-4,10-18,20,34H,2,5-9,19,21-28H2,1H3,(H2,40,41,42). The molecule has 0 aliphatic carbocycles.